The maximum absolute atomic E-state index is 12.1. The van der Waals surface area contributed by atoms with Crippen LogP contribution in [0.4, 0.5) is 0 Å². The second-order valence-corrected chi connectivity index (χ2v) is 23.7. The van der Waals surface area contributed by atoms with Crippen LogP contribution in [0, 0.1) is 5.92 Å². The average molecular weight is 958 g/mol. The molecular weight excluding hydrogens is 884 g/mol. The van der Waals surface area contributed by atoms with Crippen LogP contribution in [0.5, 0.6) is 0 Å². The van der Waals surface area contributed by atoms with Gasteiger partial charge in [0.05, 0.1) is 11.8 Å². The predicted molar refractivity (Wildman–Crippen MR) is 242 cm³/mol. The zero-order valence-corrected chi connectivity index (χ0v) is 42.5. The molecule has 0 saturated carbocycles. The zero-order valence-electron chi connectivity index (χ0n) is 36.0. The van der Waals surface area contributed by atoms with Gasteiger partial charge in [-0.2, -0.15) is 0 Å². The number of guanidine groups is 1. The first-order valence-corrected chi connectivity index (χ1v) is 23.5. The Balaban J connectivity index is -0.0000000810. The fourth-order valence-corrected chi connectivity index (χ4v) is 8.79. The molecule has 0 amide bonds. The Morgan fingerprint density at radius 1 is 1.00 bits per heavy atom. The molecule has 0 aromatic heterocycles. The van der Waals surface area contributed by atoms with Crippen LogP contribution in [-0.2, 0) is 27.6 Å². The summed E-state index contributed by atoms with van der Waals surface area (Å²) in [6.07, 6.45) is -0.732. The van der Waals surface area contributed by atoms with Gasteiger partial charge in [0.2, 0.25) is 14.6 Å². The van der Waals surface area contributed by atoms with Crippen molar-refractivity contribution in [2.45, 2.75) is 103 Å². The molecule has 0 aromatic rings. The van der Waals surface area contributed by atoms with Crippen molar-refractivity contribution in [2.75, 3.05) is 61.8 Å². The third-order valence-corrected chi connectivity index (χ3v) is 16.0. The van der Waals surface area contributed by atoms with Gasteiger partial charge >= 0.3 is 7.60 Å². The first-order valence-electron chi connectivity index (χ1n) is 16.1. The van der Waals surface area contributed by atoms with Crippen LogP contribution in [0.15, 0.2) is 9.98 Å². The number of alkyl halides is 3. The van der Waals surface area contributed by atoms with Gasteiger partial charge in [0.1, 0.15) is 28.5 Å². The van der Waals surface area contributed by atoms with Crippen molar-refractivity contribution >= 4 is 97.7 Å². The topological polar surface area (TPSA) is 290 Å². The molecule has 55 heavy (non-hydrogen) atoms. The minimum absolute atomic E-state index is 0. The van der Waals surface area contributed by atoms with Gasteiger partial charge in [0, 0.05) is 42.5 Å². The van der Waals surface area contributed by atoms with Crippen LogP contribution < -0.4 is 22.9 Å². The molecule has 26 heteroatoms. The fraction of sp³-hybridized carbons (Fsp3) is 0.897. The maximum atomic E-state index is 12.1. The van der Waals surface area contributed by atoms with Gasteiger partial charge in [0.25, 0.3) is 0 Å². The number of hydrogen-bond donors (Lipinski definition) is 8. The van der Waals surface area contributed by atoms with Gasteiger partial charge < -0.3 is 47.3 Å². The number of rotatable bonds is 7. The number of nitrogens with one attached hydrogen (secondary N) is 1. The Bertz CT molecular complexity index is 1190. The number of nitrogens with two attached hydrogens (primary N) is 2. The normalized spacial score (nSPS) is 19.6. The molecule has 12 N–H and O–H groups in total. The summed E-state index contributed by atoms with van der Waals surface area (Å²) in [5.74, 6) is 0.660. The van der Waals surface area contributed by atoms with E-state index in [9.17, 15) is 13.7 Å². The number of halogens is 3. The Kier molecular flexibility index (Phi) is 48.8. The smallest absolute Gasteiger partial charge is 0.349 e. The van der Waals surface area contributed by atoms with E-state index >= 15 is 0 Å². The van der Waals surface area contributed by atoms with Gasteiger partial charge in [-0.15, -0.1) is 0 Å². The lowest BCUT2D eigenvalue weighted by Crippen LogP contribution is -2.34. The monoisotopic (exact) mass is 956 g/mol. The summed E-state index contributed by atoms with van der Waals surface area (Å²) in [6, 6.07) is 0. The van der Waals surface area contributed by atoms with E-state index in [-0.39, 0.29) is 24.8 Å². The molecule has 2 aliphatic rings. The number of nitrogens with zero attached hydrogens (tertiary/aromatic N) is 4. The highest BCUT2D eigenvalue weighted by molar-refractivity contribution is 7.82. The SMILES string of the molecule is CC.CC.CC(C)COO.CN1C(=S)NC(C)(C)P1(=O)CO.CN1C(N)=NC(C)(C)P1(=O)CO.CN=C=S.CO.COP(=O)(OC)C(C)(C)N.ClC(Cl)Cl.N. The van der Waals surface area contributed by atoms with Crippen LogP contribution >= 0.6 is 81.4 Å². The van der Waals surface area contributed by atoms with E-state index < -0.39 is 42.3 Å². The van der Waals surface area contributed by atoms with E-state index in [1.807, 2.05) is 41.5 Å². The fourth-order valence-electron chi connectivity index (χ4n) is 3.15. The summed E-state index contributed by atoms with van der Waals surface area (Å²) in [4.78, 5) is 11.1. The molecule has 2 aliphatic heterocycles. The quantitative estimate of drug-likeness (QED) is 0.0301. The van der Waals surface area contributed by atoms with Crippen LogP contribution in [0.3, 0.4) is 0 Å². The molecule has 18 nitrogen and oxygen atoms in total. The number of thiocarbonyl (C=S) groups is 2. The van der Waals surface area contributed by atoms with Crippen molar-refractivity contribution in [1.82, 2.24) is 20.8 Å². The Morgan fingerprint density at radius 3 is 1.40 bits per heavy atom. The number of hydrogen-bond acceptors (Lipinski definition) is 17. The molecule has 1 saturated heterocycles. The van der Waals surface area contributed by atoms with Gasteiger partial charge in [-0.05, 0) is 71.9 Å². The highest BCUT2D eigenvalue weighted by atomic mass is 35.6. The molecule has 0 aromatic carbocycles. The lowest BCUT2D eigenvalue weighted by Gasteiger charge is -2.28. The minimum Gasteiger partial charge on any atom is -0.400 e. The highest BCUT2D eigenvalue weighted by Gasteiger charge is 2.51. The number of aliphatic imine (C=N–C) groups is 2. The van der Waals surface area contributed by atoms with Crippen molar-refractivity contribution in [3.63, 3.8) is 0 Å². The molecular formula is C29H74Cl3N8O10P3S2. The van der Waals surface area contributed by atoms with Crippen molar-refractivity contribution in [3.8, 4) is 0 Å². The standard InChI is InChI=1S/C6H14N3O2P.C6H13N2O2PS.C5H14NO3P.C4H10O2.C2H3NS.2C2H6.CHCl3.CH4O.H3N/c1-6(2)8-5(7)9(3)12(6,11)4-10;1-6(2)7-5(12)8(3)11(6,10)4-9;1-5(2,6)10(7,8-3)9-4;1-4(2)3-6-5;1-3-2-4;2*1-2;2-1(3)4;1-2;/h10H,4H2,1-3H3,(H2,7,8);9H,4H2,1-3H3,(H,7,12);6H2,1-4H3;4-5H,3H2,1-2H3;1H3;2*1-2H3;1H;2H,1H3;1H3. The molecule has 2 heterocycles. The lowest BCUT2D eigenvalue weighted by molar-refractivity contribution is -0.248. The van der Waals surface area contributed by atoms with Crippen molar-refractivity contribution < 1.29 is 48.2 Å². The van der Waals surface area contributed by atoms with Crippen LogP contribution in [0.1, 0.15) is 83.1 Å². The molecule has 0 bridgehead atoms. The third-order valence-electron chi connectivity index (χ3n) is 6.19. The van der Waals surface area contributed by atoms with E-state index in [2.05, 4.69) is 46.6 Å². The van der Waals surface area contributed by atoms with Crippen LogP contribution in [-0.4, -0.2) is 128 Å². The summed E-state index contributed by atoms with van der Waals surface area (Å²) < 4.78 is 47.0. The molecule has 1 fully saturated rings. The number of isothiocyanates is 1. The van der Waals surface area contributed by atoms with Crippen LogP contribution in [0.2, 0.25) is 0 Å². The summed E-state index contributed by atoms with van der Waals surface area (Å²) in [6.45, 7) is 22.5. The molecule has 338 valence electrons. The summed E-state index contributed by atoms with van der Waals surface area (Å²) in [7, 11) is -0.238. The minimum atomic E-state index is -3.09. The number of aliphatic hydroxyl groups is 3. The third kappa shape index (κ3) is 27.4. The maximum Gasteiger partial charge on any atom is 0.349 e. The first kappa shape index (κ1) is 72.6. The number of aliphatic hydroxyl groups excluding tert-OH is 3. The van der Waals surface area contributed by atoms with Crippen molar-refractivity contribution in [1.29, 1.82) is 0 Å². The van der Waals surface area contributed by atoms with Crippen molar-refractivity contribution in [2.24, 2.45) is 27.4 Å². The van der Waals surface area contributed by atoms with E-state index in [0.29, 0.717) is 17.6 Å². The van der Waals surface area contributed by atoms with E-state index in [1.54, 1.807) is 62.7 Å². The zero-order chi connectivity index (χ0) is 45.5. The second kappa shape index (κ2) is 37.0. The Labute approximate surface area is 357 Å². The van der Waals surface area contributed by atoms with E-state index in [1.165, 1.54) is 23.6 Å². The molecule has 2 unspecified atom stereocenters. The van der Waals surface area contributed by atoms with Gasteiger partial charge in [-0.1, -0.05) is 76.3 Å². The van der Waals surface area contributed by atoms with Gasteiger partial charge in [0.15, 0.2) is 15.4 Å². The van der Waals surface area contributed by atoms with E-state index in [4.69, 9.17) is 79.1 Å². The summed E-state index contributed by atoms with van der Waals surface area (Å²) >= 11 is 23.5. The molecule has 2 rings (SSSR count). The summed E-state index contributed by atoms with van der Waals surface area (Å²) in [5.41, 5.74) is 11.0. The molecule has 0 radical (unpaired) electrons. The summed E-state index contributed by atoms with van der Waals surface area (Å²) in [5, 5.41) is 36.0. The Morgan fingerprint density at radius 2 is 1.33 bits per heavy atom. The molecule has 0 aliphatic carbocycles. The second-order valence-electron chi connectivity index (χ2n) is 11.5. The largest absolute Gasteiger partial charge is 0.400 e. The van der Waals surface area contributed by atoms with E-state index in [0.717, 1.165) is 7.11 Å². The molecule has 2 atom stereocenters. The van der Waals surface area contributed by atoms with Gasteiger partial charge in [-0.25, -0.2) is 14.9 Å². The molecule has 0 spiro atoms. The predicted octanol–water partition coefficient (Wildman–Crippen LogP) is 7.81. The Hall–Kier alpha value is -0.0400. The highest BCUT2D eigenvalue weighted by Crippen LogP contribution is 2.63. The average Bonchev–Trinajstić information content (AvgIpc) is 3.37. The lowest BCUT2D eigenvalue weighted by atomic mass is 10.2. The van der Waals surface area contributed by atoms with Gasteiger partial charge in [-0.3, -0.25) is 28.3 Å². The first-order chi connectivity index (χ1) is 24.5. The van der Waals surface area contributed by atoms with Crippen LogP contribution in [0.25, 0.3) is 0 Å². The van der Waals surface area contributed by atoms with Crippen molar-refractivity contribution in [3.05, 3.63) is 0 Å².